The van der Waals surface area contributed by atoms with Gasteiger partial charge in [0.2, 0.25) is 0 Å². The molecule has 1 fully saturated rings. The van der Waals surface area contributed by atoms with Crippen LogP contribution in [0.5, 0.6) is 5.75 Å². The maximum Gasteiger partial charge on any atom is 0.159 e. The molecular weight excluding hydrogens is 393 g/mol. The summed E-state index contributed by atoms with van der Waals surface area (Å²) >= 11 is 8.41. The number of hydrogen-bond donors (Lipinski definition) is 1. The maximum absolute atomic E-state index is 9.64. The fourth-order valence-corrected chi connectivity index (χ4v) is 3.53. The zero-order valence-corrected chi connectivity index (χ0v) is 13.6. The molecule has 3 atom stereocenters. The first kappa shape index (κ1) is 14.3. The van der Waals surface area contributed by atoms with Crippen LogP contribution in [0.2, 0.25) is 5.02 Å². The molecule has 1 aromatic heterocycles. The number of methoxy groups -OCH3 is 1. The molecule has 6 heteroatoms. The minimum absolute atomic E-state index is 0.158. The Morgan fingerprint density at radius 1 is 1.50 bits per heavy atom. The Bertz CT molecular complexity index is 652. The lowest BCUT2D eigenvalue weighted by atomic mass is 9.88. The van der Waals surface area contributed by atoms with Crippen molar-refractivity contribution in [2.45, 2.75) is 24.7 Å². The number of ether oxygens (including phenoxy) is 2. The van der Waals surface area contributed by atoms with E-state index >= 15 is 0 Å². The number of pyridine rings is 1. The highest BCUT2D eigenvalue weighted by Crippen LogP contribution is 2.38. The third kappa shape index (κ3) is 2.36. The van der Waals surface area contributed by atoms with E-state index in [0.717, 1.165) is 14.5 Å². The van der Waals surface area contributed by atoms with Gasteiger partial charge in [0.05, 0.1) is 14.7 Å². The Labute approximate surface area is 135 Å². The smallest absolute Gasteiger partial charge is 0.159 e. The molecule has 2 aromatic rings. The van der Waals surface area contributed by atoms with Crippen molar-refractivity contribution in [2.24, 2.45) is 0 Å². The van der Waals surface area contributed by atoms with E-state index in [1.165, 1.54) is 0 Å². The van der Waals surface area contributed by atoms with Crippen LogP contribution in [0.3, 0.4) is 0 Å². The molecule has 1 heterocycles. The predicted molar refractivity (Wildman–Crippen MR) is 85.3 cm³/mol. The van der Waals surface area contributed by atoms with E-state index in [1.54, 1.807) is 13.3 Å². The molecular formula is C14H13ClINO3. The number of nitrogens with zero attached hydrogens (tertiary/aromatic N) is 1. The van der Waals surface area contributed by atoms with E-state index in [9.17, 15) is 5.11 Å². The molecule has 0 bridgehead atoms. The highest BCUT2D eigenvalue weighted by atomic mass is 127. The Hall–Kier alpha value is -0.630. The van der Waals surface area contributed by atoms with Crippen molar-refractivity contribution >= 4 is 45.1 Å². The van der Waals surface area contributed by atoms with Crippen LogP contribution in [0, 0.1) is 3.57 Å². The molecule has 20 heavy (non-hydrogen) atoms. The minimum Gasteiger partial charge on any atom is -0.484 e. The van der Waals surface area contributed by atoms with Crippen molar-refractivity contribution in [1.82, 2.24) is 4.98 Å². The summed E-state index contributed by atoms with van der Waals surface area (Å²) in [5, 5.41) is 11.2. The van der Waals surface area contributed by atoms with Crippen LogP contribution in [-0.4, -0.2) is 35.5 Å². The average molecular weight is 406 g/mol. The Balaban J connectivity index is 1.99. The lowest BCUT2D eigenvalue weighted by Crippen LogP contribution is -2.54. The first-order valence-corrected chi connectivity index (χ1v) is 7.67. The molecule has 3 rings (SSSR count). The van der Waals surface area contributed by atoms with Gasteiger partial charge in [0.25, 0.3) is 0 Å². The third-order valence-electron chi connectivity index (χ3n) is 3.51. The number of aliphatic hydroxyl groups excluding tert-OH is 1. The monoisotopic (exact) mass is 405 g/mol. The maximum atomic E-state index is 9.64. The Kier molecular flexibility index (Phi) is 4.03. The topological polar surface area (TPSA) is 51.6 Å². The number of aromatic nitrogens is 1. The van der Waals surface area contributed by atoms with Crippen LogP contribution in [0.1, 0.15) is 6.42 Å². The van der Waals surface area contributed by atoms with Crippen molar-refractivity contribution < 1.29 is 14.6 Å². The molecule has 106 valence electrons. The van der Waals surface area contributed by atoms with Gasteiger partial charge in [0, 0.05) is 25.1 Å². The Morgan fingerprint density at radius 2 is 2.30 bits per heavy atom. The van der Waals surface area contributed by atoms with Crippen molar-refractivity contribution in [2.75, 3.05) is 7.11 Å². The zero-order valence-electron chi connectivity index (χ0n) is 10.7. The van der Waals surface area contributed by atoms with Crippen LogP contribution in [0.25, 0.3) is 10.9 Å². The lowest BCUT2D eigenvalue weighted by molar-refractivity contribution is -0.148. The second-order valence-electron chi connectivity index (χ2n) is 4.73. The van der Waals surface area contributed by atoms with E-state index in [1.807, 2.05) is 18.2 Å². The van der Waals surface area contributed by atoms with Gasteiger partial charge in [-0.05, 0) is 40.8 Å². The van der Waals surface area contributed by atoms with Crippen molar-refractivity contribution in [3.05, 3.63) is 33.0 Å². The summed E-state index contributed by atoms with van der Waals surface area (Å²) in [5.74, 6) is 0.699. The molecule has 0 saturated heterocycles. The molecule has 1 aliphatic carbocycles. The van der Waals surface area contributed by atoms with Crippen LogP contribution in [0.4, 0.5) is 0 Å². The molecule has 1 N–H and O–H groups in total. The number of fused-ring (bicyclic) bond motifs is 1. The normalized spacial score (nSPS) is 25.5. The van der Waals surface area contributed by atoms with E-state index in [-0.39, 0.29) is 12.2 Å². The fourth-order valence-electron chi connectivity index (χ4n) is 2.39. The highest BCUT2D eigenvalue weighted by molar-refractivity contribution is 14.1. The Morgan fingerprint density at radius 3 is 3.00 bits per heavy atom. The first-order chi connectivity index (χ1) is 9.61. The van der Waals surface area contributed by atoms with Gasteiger partial charge in [-0.25, -0.2) is 0 Å². The van der Waals surface area contributed by atoms with Gasteiger partial charge in [-0.2, -0.15) is 0 Å². The van der Waals surface area contributed by atoms with Gasteiger partial charge in [-0.3, -0.25) is 4.98 Å². The van der Waals surface area contributed by atoms with Gasteiger partial charge in [0.1, 0.15) is 17.7 Å². The molecule has 1 saturated carbocycles. The number of rotatable bonds is 3. The number of aliphatic hydroxyl groups is 1. The van der Waals surface area contributed by atoms with Crippen LogP contribution >= 0.6 is 34.2 Å². The number of benzene rings is 1. The molecule has 1 aliphatic rings. The van der Waals surface area contributed by atoms with E-state index in [0.29, 0.717) is 17.2 Å². The number of halogens is 2. The largest absolute Gasteiger partial charge is 0.484 e. The molecule has 1 aromatic carbocycles. The highest BCUT2D eigenvalue weighted by Gasteiger charge is 2.42. The minimum atomic E-state index is -0.464. The summed E-state index contributed by atoms with van der Waals surface area (Å²) in [6.45, 7) is 0. The summed E-state index contributed by atoms with van der Waals surface area (Å²) in [4.78, 5) is 4.37. The number of hydrogen-bond acceptors (Lipinski definition) is 4. The quantitative estimate of drug-likeness (QED) is 0.798. The second-order valence-corrected chi connectivity index (χ2v) is 6.30. The van der Waals surface area contributed by atoms with Crippen molar-refractivity contribution in [1.29, 1.82) is 0 Å². The average Bonchev–Trinajstić information content (AvgIpc) is 2.42. The summed E-state index contributed by atoms with van der Waals surface area (Å²) < 4.78 is 12.1. The molecule has 0 radical (unpaired) electrons. The van der Waals surface area contributed by atoms with Gasteiger partial charge >= 0.3 is 0 Å². The third-order valence-corrected chi connectivity index (χ3v) is 4.63. The molecule has 0 amide bonds. The second kappa shape index (κ2) is 5.63. The summed E-state index contributed by atoms with van der Waals surface area (Å²) in [6.07, 6.45) is 1.36. The molecule has 4 nitrogen and oxygen atoms in total. The zero-order chi connectivity index (χ0) is 14.3. The molecule has 0 aliphatic heterocycles. The van der Waals surface area contributed by atoms with Gasteiger partial charge in [-0.15, -0.1) is 0 Å². The van der Waals surface area contributed by atoms with E-state index < -0.39 is 6.10 Å². The fraction of sp³-hybridized carbons (Fsp3) is 0.357. The van der Waals surface area contributed by atoms with E-state index in [2.05, 4.69) is 27.6 Å². The predicted octanol–water partition coefficient (Wildman–Crippen LogP) is 3.02. The lowest BCUT2D eigenvalue weighted by Gasteiger charge is -2.40. The van der Waals surface area contributed by atoms with Crippen LogP contribution in [0.15, 0.2) is 24.4 Å². The van der Waals surface area contributed by atoms with Crippen LogP contribution in [-0.2, 0) is 4.74 Å². The molecule has 0 spiro atoms. The van der Waals surface area contributed by atoms with Crippen molar-refractivity contribution in [3.63, 3.8) is 0 Å². The first-order valence-electron chi connectivity index (χ1n) is 6.22. The summed E-state index contributed by atoms with van der Waals surface area (Å²) in [6, 6.07) is 5.62. The van der Waals surface area contributed by atoms with Crippen LogP contribution < -0.4 is 4.74 Å². The molecule has 3 unspecified atom stereocenters. The van der Waals surface area contributed by atoms with Gasteiger partial charge < -0.3 is 14.6 Å². The standard InChI is InChI=1S/C14H13ClINO3/c1-19-14-10(18)6-11(14)20-13-9(16)5-8(15)7-3-2-4-17-12(7)13/h2-5,10-11,14,18H,6H2,1H3. The van der Waals surface area contributed by atoms with E-state index in [4.69, 9.17) is 21.1 Å². The summed E-state index contributed by atoms with van der Waals surface area (Å²) in [7, 11) is 1.58. The van der Waals surface area contributed by atoms with Gasteiger partial charge in [0.15, 0.2) is 5.75 Å². The van der Waals surface area contributed by atoms with Gasteiger partial charge in [-0.1, -0.05) is 11.6 Å². The van der Waals surface area contributed by atoms with Crippen molar-refractivity contribution in [3.8, 4) is 5.75 Å². The SMILES string of the molecule is COC1C(O)CC1Oc1c(I)cc(Cl)c2cccnc12. The summed E-state index contributed by atoms with van der Waals surface area (Å²) in [5.41, 5.74) is 0.737.